The minimum absolute atomic E-state index is 0.155. The molecule has 2 N–H and O–H groups in total. The van der Waals surface area contributed by atoms with Crippen molar-refractivity contribution in [1.29, 1.82) is 0 Å². The number of ether oxygens (including phenoxy) is 1. The van der Waals surface area contributed by atoms with Gasteiger partial charge in [0.15, 0.2) is 0 Å². The van der Waals surface area contributed by atoms with E-state index in [4.69, 9.17) is 9.84 Å². The predicted molar refractivity (Wildman–Crippen MR) is 96.4 cm³/mol. The van der Waals surface area contributed by atoms with Gasteiger partial charge in [-0.15, -0.1) is 0 Å². The number of carbonyl (C=O) groups is 3. The van der Waals surface area contributed by atoms with Gasteiger partial charge in [0.2, 0.25) is 0 Å². The van der Waals surface area contributed by atoms with Crippen molar-refractivity contribution in [2.24, 2.45) is 0 Å². The maximum atomic E-state index is 12.4. The smallest absolute Gasteiger partial charge is 0.410 e. The van der Waals surface area contributed by atoms with E-state index in [0.29, 0.717) is 25.3 Å². The van der Waals surface area contributed by atoms with Gasteiger partial charge >= 0.3 is 18.1 Å². The minimum atomic E-state index is -1.02. The standard InChI is InChI=1S/C18H25N3O5/c1-12-11-20(9-10-21(12)17(25)26-18(2,3)4)16(24)19-14-7-5-13(6-8-14)15(22)23/h5-8,12H,9-11H2,1-4H3,(H,19,24)(H,22,23). The summed E-state index contributed by atoms with van der Waals surface area (Å²) in [5.41, 5.74) is 0.109. The molecule has 0 aliphatic carbocycles. The van der Waals surface area contributed by atoms with Gasteiger partial charge in [0.05, 0.1) is 5.56 Å². The summed E-state index contributed by atoms with van der Waals surface area (Å²) in [6.07, 6.45) is -0.380. The first-order valence-corrected chi connectivity index (χ1v) is 8.46. The Kier molecular flexibility index (Phi) is 5.74. The van der Waals surface area contributed by atoms with E-state index in [-0.39, 0.29) is 23.7 Å². The van der Waals surface area contributed by atoms with Gasteiger partial charge < -0.3 is 25.0 Å². The molecule has 0 bridgehead atoms. The largest absolute Gasteiger partial charge is 0.478 e. The molecule has 0 aromatic heterocycles. The average Bonchev–Trinajstić information content (AvgIpc) is 2.53. The zero-order valence-electron chi connectivity index (χ0n) is 15.5. The summed E-state index contributed by atoms with van der Waals surface area (Å²) in [7, 11) is 0. The third kappa shape index (κ3) is 5.11. The maximum Gasteiger partial charge on any atom is 0.410 e. The highest BCUT2D eigenvalue weighted by molar-refractivity contribution is 5.91. The van der Waals surface area contributed by atoms with Crippen LogP contribution in [0.5, 0.6) is 0 Å². The normalized spacial score (nSPS) is 17.6. The van der Waals surface area contributed by atoms with Crippen molar-refractivity contribution < 1.29 is 24.2 Å². The number of nitrogens with one attached hydrogen (secondary N) is 1. The van der Waals surface area contributed by atoms with Crippen molar-refractivity contribution in [1.82, 2.24) is 9.80 Å². The van der Waals surface area contributed by atoms with Crippen LogP contribution in [0, 0.1) is 0 Å². The third-order valence-electron chi connectivity index (χ3n) is 3.93. The van der Waals surface area contributed by atoms with Gasteiger partial charge in [0, 0.05) is 31.4 Å². The van der Waals surface area contributed by atoms with E-state index in [2.05, 4.69) is 5.32 Å². The zero-order valence-corrected chi connectivity index (χ0v) is 15.5. The Bertz CT molecular complexity index is 681. The molecular formula is C18H25N3O5. The number of hydrogen-bond acceptors (Lipinski definition) is 4. The first-order chi connectivity index (χ1) is 12.1. The molecule has 1 aromatic carbocycles. The number of carboxylic acid groups (broad SMARTS) is 1. The van der Waals surface area contributed by atoms with E-state index < -0.39 is 11.6 Å². The maximum absolute atomic E-state index is 12.4. The van der Waals surface area contributed by atoms with Gasteiger partial charge in [-0.2, -0.15) is 0 Å². The molecule has 8 heteroatoms. The monoisotopic (exact) mass is 363 g/mol. The molecule has 8 nitrogen and oxygen atoms in total. The van der Waals surface area contributed by atoms with E-state index in [0.717, 1.165) is 0 Å². The highest BCUT2D eigenvalue weighted by atomic mass is 16.6. The lowest BCUT2D eigenvalue weighted by Gasteiger charge is -2.40. The van der Waals surface area contributed by atoms with Crippen LogP contribution >= 0.6 is 0 Å². The number of carbonyl (C=O) groups excluding carboxylic acids is 2. The van der Waals surface area contributed by atoms with Crippen molar-refractivity contribution >= 4 is 23.8 Å². The van der Waals surface area contributed by atoms with Gasteiger partial charge in [-0.05, 0) is 52.0 Å². The van der Waals surface area contributed by atoms with Crippen LogP contribution in [0.4, 0.5) is 15.3 Å². The van der Waals surface area contributed by atoms with Gasteiger partial charge in [0.1, 0.15) is 5.60 Å². The van der Waals surface area contributed by atoms with Crippen LogP contribution in [0.2, 0.25) is 0 Å². The molecule has 1 atom stereocenters. The van der Waals surface area contributed by atoms with Gasteiger partial charge in [0.25, 0.3) is 0 Å². The van der Waals surface area contributed by atoms with Crippen LogP contribution in [0.15, 0.2) is 24.3 Å². The van der Waals surface area contributed by atoms with E-state index in [1.165, 1.54) is 12.1 Å². The average molecular weight is 363 g/mol. The van der Waals surface area contributed by atoms with Crippen LogP contribution in [-0.2, 0) is 4.74 Å². The Labute approximate surface area is 152 Å². The highest BCUT2D eigenvalue weighted by Crippen LogP contribution is 2.17. The summed E-state index contributed by atoms with van der Waals surface area (Å²) < 4.78 is 5.39. The SMILES string of the molecule is CC1CN(C(=O)Nc2ccc(C(=O)O)cc2)CCN1C(=O)OC(C)(C)C. The molecule has 1 fully saturated rings. The second-order valence-electron chi connectivity index (χ2n) is 7.28. The summed E-state index contributed by atoms with van der Waals surface area (Å²) in [6, 6.07) is 5.49. The minimum Gasteiger partial charge on any atom is -0.478 e. The molecule has 142 valence electrons. The summed E-state index contributed by atoms with van der Waals surface area (Å²) in [5.74, 6) is -1.02. The lowest BCUT2D eigenvalue weighted by atomic mass is 10.2. The van der Waals surface area contributed by atoms with E-state index in [1.807, 2.05) is 27.7 Å². The number of anilines is 1. The quantitative estimate of drug-likeness (QED) is 0.842. The molecule has 0 saturated carbocycles. The summed E-state index contributed by atoms with van der Waals surface area (Å²) in [6.45, 7) is 8.48. The Morgan fingerprint density at radius 3 is 2.27 bits per heavy atom. The third-order valence-corrected chi connectivity index (χ3v) is 3.93. The number of benzene rings is 1. The summed E-state index contributed by atoms with van der Waals surface area (Å²) in [4.78, 5) is 38.7. The molecule has 2 rings (SSSR count). The molecule has 1 heterocycles. The molecule has 1 aliphatic heterocycles. The fourth-order valence-electron chi connectivity index (χ4n) is 2.63. The second-order valence-corrected chi connectivity index (χ2v) is 7.28. The van der Waals surface area contributed by atoms with Crippen LogP contribution in [0.1, 0.15) is 38.1 Å². The lowest BCUT2D eigenvalue weighted by molar-refractivity contribution is 0.00588. The van der Waals surface area contributed by atoms with E-state index >= 15 is 0 Å². The number of hydrogen-bond donors (Lipinski definition) is 2. The molecule has 1 unspecified atom stereocenters. The number of rotatable bonds is 2. The molecule has 0 radical (unpaired) electrons. The van der Waals surface area contributed by atoms with Crippen molar-refractivity contribution in [2.75, 3.05) is 25.0 Å². The lowest BCUT2D eigenvalue weighted by Crippen LogP contribution is -2.57. The Hall–Kier alpha value is -2.77. The Balaban J connectivity index is 1.92. The molecule has 26 heavy (non-hydrogen) atoms. The zero-order chi connectivity index (χ0) is 19.5. The first kappa shape index (κ1) is 19.6. The van der Waals surface area contributed by atoms with Gasteiger partial charge in [-0.25, -0.2) is 14.4 Å². The number of urea groups is 1. The summed E-state index contributed by atoms with van der Waals surface area (Å²) in [5, 5.41) is 11.6. The van der Waals surface area contributed by atoms with Crippen LogP contribution in [0.25, 0.3) is 0 Å². The molecule has 1 aromatic rings. The van der Waals surface area contributed by atoms with Crippen molar-refractivity contribution in [3.63, 3.8) is 0 Å². The number of piperazine rings is 1. The van der Waals surface area contributed by atoms with Crippen LogP contribution < -0.4 is 5.32 Å². The topological polar surface area (TPSA) is 99.2 Å². The number of amides is 3. The van der Waals surface area contributed by atoms with Gasteiger partial charge in [-0.3, -0.25) is 0 Å². The highest BCUT2D eigenvalue weighted by Gasteiger charge is 2.32. The molecule has 1 saturated heterocycles. The van der Waals surface area contributed by atoms with Crippen molar-refractivity contribution in [3.05, 3.63) is 29.8 Å². The Morgan fingerprint density at radius 1 is 1.15 bits per heavy atom. The predicted octanol–water partition coefficient (Wildman–Crippen LogP) is 2.86. The van der Waals surface area contributed by atoms with Crippen molar-refractivity contribution in [3.8, 4) is 0 Å². The van der Waals surface area contributed by atoms with Crippen LogP contribution in [0.3, 0.4) is 0 Å². The molecule has 1 aliphatic rings. The number of nitrogens with zero attached hydrogens (tertiary/aromatic N) is 2. The number of carboxylic acids is 1. The van der Waals surface area contributed by atoms with Gasteiger partial charge in [-0.1, -0.05) is 0 Å². The van der Waals surface area contributed by atoms with E-state index in [9.17, 15) is 14.4 Å². The van der Waals surface area contributed by atoms with Crippen molar-refractivity contribution in [2.45, 2.75) is 39.3 Å². The molecule has 3 amide bonds. The fourth-order valence-corrected chi connectivity index (χ4v) is 2.63. The molecule has 0 spiro atoms. The van der Waals surface area contributed by atoms with E-state index in [1.54, 1.807) is 21.9 Å². The molecular weight excluding hydrogens is 338 g/mol. The second kappa shape index (κ2) is 7.63. The van der Waals surface area contributed by atoms with Crippen LogP contribution in [-0.4, -0.2) is 64.3 Å². The fraction of sp³-hybridized carbons (Fsp3) is 0.500. The first-order valence-electron chi connectivity index (χ1n) is 8.46. The Morgan fingerprint density at radius 2 is 1.77 bits per heavy atom. The summed E-state index contributed by atoms with van der Waals surface area (Å²) >= 11 is 0. The number of aromatic carboxylic acids is 1.